The molecule has 102 valence electrons. The molecule has 4 heteroatoms. The summed E-state index contributed by atoms with van der Waals surface area (Å²) in [5.74, 6) is -0.822. The topological polar surface area (TPSA) is 37.3 Å². The summed E-state index contributed by atoms with van der Waals surface area (Å²) in [6, 6.07) is 7.31. The first kappa shape index (κ1) is 14.4. The van der Waals surface area contributed by atoms with E-state index in [0.717, 1.165) is 5.56 Å². The van der Waals surface area contributed by atoms with Crippen molar-refractivity contribution in [2.75, 3.05) is 0 Å². The Bertz CT molecular complexity index is 517. The number of allylic oxidation sites excluding steroid dienone is 1. The lowest BCUT2D eigenvalue weighted by Gasteiger charge is -2.48. The molecule has 1 aromatic rings. The number of benzene rings is 1. The fraction of sp³-hybridized carbons (Fsp3) is 0.400. The third-order valence-corrected chi connectivity index (χ3v) is 4.71. The first-order chi connectivity index (χ1) is 8.82. The van der Waals surface area contributed by atoms with E-state index in [4.69, 9.17) is 28.3 Å². The van der Waals surface area contributed by atoms with E-state index in [9.17, 15) is 4.79 Å². The van der Waals surface area contributed by atoms with Crippen LogP contribution in [0.1, 0.15) is 25.8 Å². The van der Waals surface area contributed by atoms with Gasteiger partial charge in [0.15, 0.2) is 0 Å². The van der Waals surface area contributed by atoms with E-state index in [1.54, 1.807) is 12.1 Å². The normalized spacial score (nSPS) is 25.8. The Morgan fingerprint density at radius 3 is 2.42 bits per heavy atom. The molecule has 2 rings (SSSR count). The van der Waals surface area contributed by atoms with E-state index in [2.05, 4.69) is 0 Å². The molecule has 1 saturated carbocycles. The van der Waals surface area contributed by atoms with Gasteiger partial charge in [-0.05, 0) is 35.4 Å². The quantitative estimate of drug-likeness (QED) is 0.881. The second-order valence-corrected chi connectivity index (χ2v) is 6.42. The zero-order valence-corrected chi connectivity index (χ0v) is 12.4. The first-order valence-electron chi connectivity index (χ1n) is 6.18. The Hall–Kier alpha value is -0.990. The van der Waals surface area contributed by atoms with E-state index in [1.807, 2.05) is 32.1 Å². The minimum Gasteiger partial charge on any atom is -0.481 e. The van der Waals surface area contributed by atoms with Crippen LogP contribution in [0.25, 0.3) is 5.03 Å². The van der Waals surface area contributed by atoms with Gasteiger partial charge in [0.2, 0.25) is 0 Å². The summed E-state index contributed by atoms with van der Waals surface area (Å²) in [4.78, 5) is 11.1. The number of halogens is 2. The fourth-order valence-corrected chi connectivity index (χ4v) is 2.95. The Kier molecular flexibility index (Phi) is 3.93. The van der Waals surface area contributed by atoms with Crippen LogP contribution in [0, 0.1) is 17.3 Å². The summed E-state index contributed by atoms with van der Waals surface area (Å²) >= 11 is 12.1. The number of carboxylic acids is 1. The molecule has 1 aromatic carbocycles. The van der Waals surface area contributed by atoms with Gasteiger partial charge < -0.3 is 5.11 Å². The van der Waals surface area contributed by atoms with E-state index in [0.29, 0.717) is 16.5 Å². The number of carbonyl (C=O) groups is 1. The van der Waals surface area contributed by atoms with Crippen LogP contribution in [0.2, 0.25) is 5.02 Å². The van der Waals surface area contributed by atoms with Crippen LogP contribution in [0.4, 0.5) is 0 Å². The molecular weight excluding hydrogens is 283 g/mol. The highest BCUT2D eigenvalue weighted by Gasteiger charge is 2.50. The molecule has 0 bridgehead atoms. The van der Waals surface area contributed by atoms with Gasteiger partial charge in [-0.1, -0.05) is 55.3 Å². The zero-order valence-electron chi connectivity index (χ0n) is 10.9. The molecule has 0 aliphatic heterocycles. The van der Waals surface area contributed by atoms with Crippen molar-refractivity contribution >= 4 is 34.2 Å². The van der Waals surface area contributed by atoms with E-state index >= 15 is 0 Å². The largest absolute Gasteiger partial charge is 0.481 e. The predicted molar refractivity (Wildman–Crippen MR) is 78.3 cm³/mol. The molecule has 0 amide bonds. The Labute approximate surface area is 123 Å². The highest BCUT2D eigenvalue weighted by Crippen LogP contribution is 2.53. The molecular formula is C15H16Cl2O2. The van der Waals surface area contributed by atoms with Crippen LogP contribution in [0.5, 0.6) is 0 Å². The van der Waals surface area contributed by atoms with Crippen molar-refractivity contribution in [1.82, 2.24) is 0 Å². The second-order valence-electron chi connectivity index (χ2n) is 5.58. The second kappa shape index (κ2) is 5.18. The average molecular weight is 299 g/mol. The molecule has 1 N–H and O–H groups in total. The molecule has 2 atom stereocenters. The molecule has 2 nitrogen and oxygen atoms in total. The van der Waals surface area contributed by atoms with Gasteiger partial charge in [-0.3, -0.25) is 4.79 Å². The number of aliphatic carboxylic acids is 1. The van der Waals surface area contributed by atoms with Crippen LogP contribution in [0.3, 0.4) is 0 Å². The highest BCUT2D eigenvalue weighted by molar-refractivity contribution is 6.48. The van der Waals surface area contributed by atoms with Crippen molar-refractivity contribution in [3.63, 3.8) is 0 Å². The molecule has 1 fully saturated rings. The van der Waals surface area contributed by atoms with Crippen molar-refractivity contribution in [2.45, 2.75) is 20.3 Å². The summed E-state index contributed by atoms with van der Waals surface area (Å²) < 4.78 is 0. The molecule has 0 spiro atoms. The van der Waals surface area contributed by atoms with Gasteiger partial charge in [-0.25, -0.2) is 0 Å². The summed E-state index contributed by atoms with van der Waals surface area (Å²) in [7, 11) is 0. The van der Waals surface area contributed by atoms with Crippen molar-refractivity contribution < 1.29 is 9.90 Å². The van der Waals surface area contributed by atoms with Gasteiger partial charge in [-0.2, -0.15) is 0 Å². The van der Waals surface area contributed by atoms with E-state index < -0.39 is 5.97 Å². The average Bonchev–Trinajstić information content (AvgIpc) is 2.34. The molecule has 0 radical (unpaired) electrons. The maximum absolute atomic E-state index is 11.1. The van der Waals surface area contributed by atoms with E-state index in [1.165, 1.54) is 0 Å². The van der Waals surface area contributed by atoms with Crippen molar-refractivity contribution in [1.29, 1.82) is 0 Å². The summed E-state index contributed by atoms with van der Waals surface area (Å²) in [5, 5.41) is 10.4. The van der Waals surface area contributed by atoms with Gasteiger partial charge in [0.25, 0.3) is 0 Å². The third-order valence-electron chi connectivity index (χ3n) is 4.11. The van der Waals surface area contributed by atoms with Gasteiger partial charge >= 0.3 is 5.97 Å². The number of hydrogen-bond donors (Lipinski definition) is 1. The summed E-state index contributed by atoms with van der Waals surface area (Å²) in [6.07, 6.45) is 2.61. The lowest BCUT2D eigenvalue weighted by atomic mass is 9.54. The maximum atomic E-state index is 11.1. The summed E-state index contributed by atoms with van der Waals surface area (Å²) in [5.41, 5.74) is 0.652. The highest BCUT2D eigenvalue weighted by atomic mass is 35.5. The minimum atomic E-state index is -0.725. The van der Waals surface area contributed by atoms with Crippen LogP contribution in [-0.4, -0.2) is 11.1 Å². The monoisotopic (exact) mass is 298 g/mol. The standard InChI is InChI=1S/C15H16Cl2O2/c1-15(2)10(7-12(15)14(18)19)8-13(17)9-3-5-11(16)6-4-9/h3-6,8,10,12H,7H2,1-2H3,(H,18,19). The summed E-state index contributed by atoms with van der Waals surface area (Å²) in [6.45, 7) is 3.95. The fourth-order valence-electron chi connectivity index (χ4n) is 2.54. The van der Waals surface area contributed by atoms with Crippen molar-refractivity contribution in [2.24, 2.45) is 17.3 Å². The molecule has 19 heavy (non-hydrogen) atoms. The zero-order chi connectivity index (χ0) is 14.2. The SMILES string of the molecule is CC1(C)C(C=C(Cl)c2ccc(Cl)cc2)CC1C(=O)O. The Morgan fingerprint density at radius 1 is 1.37 bits per heavy atom. The van der Waals surface area contributed by atoms with Gasteiger partial charge in [-0.15, -0.1) is 0 Å². The van der Waals surface area contributed by atoms with Gasteiger partial charge in [0.05, 0.1) is 5.92 Å². The first-order valence-corrected chi connectivity index (χ1v) is 6.94. The van der Waals surface area contributed by atoms with Crippen LogP contribution < -0.4 is 0 Å². The van der Waals surface area contributed by atoms with Gasteiger partial charge in [0.1, 0.15) is 0 Å². The number of hydrogen-bond acceptors (Lipinski definition) is 1. The lowest BCUT2D eigenvalue weighted by molar-refractivity contribution is -0.156. The van der Waals surface area contributed by atoms with Gasteiger partial charge in [0, 0.05) is 10.1 Å². The lowest BCUT2D eigenvalue weighted by Crippen LogP contribution is -2.47. The minimum absolute atomic E-state index is 0.191. The predicted octanol–water partition coefficient (Wildman–Crippen LogP) is 4.67. The Balaban J connectivity index is 2.15. The smallest absolute Gasteiger partial charge is 0.307 e. The van der Waals surface area contributed by atoms with Crippen LogP contribution in [0.15, 0.2) is 30.3 Å². The number of carboxylic acid groups (broad SMARTS) is 1. The molecule has 0 aromatic heterocycles. The molecule has 0 saturated heterocycles. The maximum Gasteiger partial charge on any atom is 0.307 e. The van der Waals surface area contributed by atoms with Crippen LogP contribution >= 0.6 is 23.2 Å². The van der Waals surface area contributed by atoms with Crippen molar-refractivity contribution in [3.8, 4) is 0 Å². The molecule has 0 heterocycles. The van der Waals surface area contributed by atoms with Crippen molar-refractivity contribution in [3.05, 3.63) is 40.9 Å². The number of rotatable bonds is 3. The molecule has 2 unspecified atom stereocenters. The molecule has 1 aliphatic rings. The van der Waals surface area contributed by atoms with Crippen LogP contribution in [-0.2, 0) is 4.79 Å². The van der Waals surface area contributed by atoms with E-state index in [-0.39, 0.29) is 17.3 Å². The Morgan fingerprint density at radius 2 is 1.95 bits per heavy atom. The molecule has 1 aliphatic carbocycles. The third kappa shape index (κ3) is 2.80.